The van der Waals surface area contributed by atoms with Crippen molar-refractivity contribution in [1.29, 1.82) is 0 Å². The fourth-order valence-electron chi connectivity index (χ4n) is 6.14. The van der Waals surface area contributed by atoms with E-state index in [2.05, 4.69) is 10.3 Å². The van der Waals surface area contributed by atoms with Crippen LogP contribution in [0, 0.1) is 5.92 Å². The molecule has 1 saturated heterocycles. The second-order valence-corrected chi connectivity index (χ2v) is 11.6. The monoisotopic (exact) mass is 572 g/mol. The Bertz CT molecular complexity index is 1440. The largest absolute Gasteiger partial charge is 0.378 e. The van der Waals surface area contributed by atoms with E-state index in [0.29, 0.717) is 12.1 Å². The average Bonchev–Trinajstić information content (AvgIpc) is 3.42. The lowest BCUT2D eigenvalue weighted by molar-refractivity contribution is -0.147. The van der Waals surface area contributed by atoms with Crippen LogP contribution in [0.25, 0.3) is 10.9 Å². The van der Waals surface area contributed by atoms with Crippen LogP contribution < -0.4 is 16.0 Å². The lowest BCUT2D eigenvalue weighted by Crippen LogP contribution is -2.64. The van der Waals surface area contributed by atoms with Gasteiger partial charge in [-0.25, -0.2) is 0 Å². The zero-order valence-electron chi connectivity index (χ0n) is 24.3. The highest BCUT2D eigenvalue weighted by Crippen LogP contribution is 2.28. The van der Waals surface area contributed by atoms with Crippen LogP contribution in [0.15, 0.2) is 54.7 Å². The molecule has 2 fully saturated rings. The zero-order valence-corrected chi connectivity index (χ0v) is 24.3. The molecule has 0 radical (unpaired) electrons. The van der Waals surface area contributed by atoms with E-state index in [1.807, 2.05) is 61.6 Å². The third kappa shape index (κ3) is 6.27. The molecule has 2 atom stereocenters. The van der Waals surface area contributed by atoms with Crippen LogP contribution in [-0.2, 0) is 20.8 Å². The Morgan fingerprint density at radius 1 is 1.00 bits per heavy atom. The predicted octanol–water partition coefficient (Wildman–Crippen LogP) is 2.68. The van der Waals surface area contributed by atoms with Crippen molar-refractivity contribution in [3.8, 4) is 0 Å². The maximum absolute atomic E-state index is 13.9. The van der Waals surface area contributed by atoms with Gasteiger partial charge in [0.15, 0.2) is 0 Å². The number of amides is 4. The molecule has 0 bridgehead atoms. The number of nitrogens with zero attached hydrogens (tertiary/aromatic N) is 3. The standard InChI is InChI=1S/C32H40N6O4/c1-36(2)24-14-12-22(13-15-24)31(41)37-16-17-38(32(42)21-8-4-3-5-9-21)28(20-37)30(40)35-27(29(33)39)18-23-19-34-26-11-7-6-10-25(23)26/h6-7,10-15,19,21,27-28,34H,3-5,8-9,16-18,20H2,1-2H3,(H2,33,39)(H,35,40)/t27-,28+/m1/s1. The number of para-hydroxylation sites is 1. The SMILES string of the molecule is CN(C)c1ccc(C(=O)N2CCN(C(=O)C3CCCCC3)[C@H](C(=O)N[C@H](Cc3c[nH]c4ccccc34)C(N)=O)C2)cc1. The summed E-state index contributed by atoms with van der Waals surface area (Å²) in [7, 11) is 3.86. The summed E-state index contributed by atoms with van der Waals surface area (Å²) >= 11 is 0. The minimum Gasteiger partial charge on any atom is -0.378 e. The van der Waals surface area contributed by atoms with Crippen LogP contribution in [0.4, 0.5) is 5.69 Å². The number of aromatic amines is 1. The molecular formula is C32H40N6O4. The fraction of sp³-hybridized carbons (Fsp3) is 0.438. The van der Waals surface area contributed by atoms with Crippen LogP contribution in [0.5, 0.6) is 0 Å². The minimum atomic E-state index is -0.979. The number of hydrogen-bond acceptors (Lipinski definition) is 5. The van der Waals surface area contributed by atoms with Crippen molar-refractivity contribution in [3.05, 3.63) is 65.9 Å². The van der Waals surface area contributed by atoms with Crippen molar-refractivity contribution in [3.63, 3.8) is 0 Å². The summed E-state index contributed by atoms with van der Waals surface area (Å²) in [6.45, 7) is 0.612. The third-order valence-electron chi connectivity index (χ3n) is 8.60. The number of piperazine rings is 1. The molecule has 2 aliphatic rings. The van der Waals surface area contributed by atoms with Gasteiger partial charge in [0, 0.05) is 67.9 Å². The first-order valence-electron chi connectivity index (χ1n) is 14.7. The molecule has 1 aromatic heterocycles. The number of rotatable bonds is 8. The van der Waals surface area contributed by atoms with Gasteiger partial charge in [0.05, 0.1) is 6.54 Å². The van der Waals surface area contributed by atoms with Crippen LogP contribution in [0.2, 0.25) is 0 Å². The van der Waals surface area contributed by atoms with Gasteiger partial charge in [0.25, 0.3) is 5.91 Å². The number of benzene rings is 2. The highest BCUT2D eigenvalue weighted by Gasteiger charge is 2.40. The van der Waals surface area contributed by atoms with Gasteiger partial charge in [-0.2, -0.15) is 0 Å². The van der Waals surface area contributed by atoms with Gasteiger partial charge in [-0.3, -0.25) is 19.2 Å². The number of anilines is 1. The fourth-order valence-corrected chi connectivity index (χ4v) is 6.14. The first-order chi connectivity index (χ1) is 20.2. The number of H-pyrrole nitrogens is 1. The number of carbonyl (C=O) groups excluding carboxylic acids is 4. The highest BCUT2D eigenvalue weighted by atomic mass is 16.2. The van der Waals surface area contributed by atoms with Crippen molar-refractivity contribution in [2.45, 2.75) is 50.6 Å². The first-order valence-corrected chi connectivity index (χ1v) is 14.7. The van der Waals surface area contributed by atoms with Gasteiger partial charge in [0.2, 0.25) is 17.7 Å². The maximum Gasteiger partial charge on any atom is 0.254 e. The molecule has 0 unspecified atom stereocenters. The van der Waals surface area contributed by atoms with Crippen molar-refractivity contribution >= 4 is 40.2 Å². The average molecular weight is 573 g/mol. The third-order valence-corrected chi connectivity index (χ3v) is 8.60. The molecule has 1 saturated carbocycles. The summed E-state index contributed by atoms with van der Waals surface area (Å²) < 4.78 is 0. The normalized spacial score (nSPS) is 18.5. The Morgan fingerprint density at radius 2 is 1.71 bits per heavy atom. The second-order valence-electron chi connectivity index (χ2n) is 11.6. The summed E-state index contributed by atoms with van der Waals surface area (Å²) in [5.41, 5.74) is 9.02. The molecule has 5 rings (SSSR count). The number of aromatic nitrogens is 1. The molecule has 2 aromatic carbocycles. The Kier molecular flexibility index (Phi) is 8.80. The molecule has 1 aliphatic heterocycles. The van der Waals surface area contributed by atoms with Gasteiger partial charge < -0.3 is 30.7 Å². The number of primary amides is 1. The van der Waals surface area contributed by atoms with Gasteiger partial charge in [-0.1, -0.05) is 37.5 Å². The smallest absolute Gasteiger partial charge is 0.254 e. The van der Waals surface area contributed by atoms with Crippen molar-refractivity contribution in [1.82, 2.24) is 20.1 Å². The van der Waals surface area contributed by atoms with E-state index in [0.717, 1.165) is 54.3 Å². The number of nitrogens with one attached hydrogen (secondary N) is 2. The first kappa shape index (κ1) is 29.2. The van der Waals surface area contributed by atoms with E-state index in [-0.39, 0.29) is 37.2 Å². The number of fused-ring (bicyclic) bond motifs is 1. The molecule has 1 aliphatic carbocycles. The Balaban J connectivity index is 1.36. The number of carbonyl (C=O) groups is 4. The molecule has 222 valence electrons. The Labute approximate surface area is 246 Å². The number of hydrogen-bond donors (Lipinski definition) is 3. The lowest BCUT2D eigenvalue weighted by atomic mass is 9.87. The quantitative estimate of drug-likeness (QED) is 0.382. The van der Waals surface area contributed by atoms with Crippen LogP contribution in [-0.4, -0.2) is 84.2 Å². The van der Waals surface area contributed by atoms with Gasteiger partial charge in [0.1, 0.15) is 12.1 Å². The maximum atomic E-state index is 13.9. The van der Waals surface area contributed by atoms with Gasteiger partial charge in [-0.05, 0) is 48.7 Å². The van der Waals surface area contributed by atoms with E-state index in [9.17, 15) is 19.2 Å². The Morgan fingerprint density at radius 3 is 2.40 bits per heavy atom. The highest BCUT2D eigenvalue weighted by molar-refractivity contribution is 5.97. The van der Waals surface area contributed by atoms with Gasteiger partial charge in [-0.15, -0.1) is 0 Å². The van der Waals surface area contributed by atoms with Gasteiger partial charge >= 0.3 is 0 Å². The molecule has 0 spiro atoms. The molecule has 42 heavy (non-hydrogen) atoms. The second kappa shape index (κ2) is 12.7. The van der Waals surface area contributed by atoms with Crippen LogP contribution >= 0.6 is 0 Å². The molecule has 2 heterocycles. The van der Waals surface area contributed by atoms with E-state index >= 15 is 0 Å². The zero-order chi connectivity index (χ0) is 29.8. The predicted molar refractivity (Wildman–Crippen MR) is 162 cm³/mol. The van der Waals surface area contributed by atoms with Crippen molar-refractivity contribution in [2.24, 2.45) is 11.7 Å². The molecule has 10 heteroatoms. The van der Waals surface area contributed by atoms with E-state index < -0.39 is 23.9 Å². The molecule has 10 nitrogen and oxygen atoms in total. The topological polar surface area (TPSA) is 132 Å². The molecule has 4 amide bonds. The van der Waals surface area contributed by atoms with Crippen molar-refractivity contribution in [2.75, 3.05) is 38.6 Å². The molecule has 3 aromatic rings. The number of nitrogens with two attached hydrogens (primary N) is 1. The summed E-state index contributed by atoms with van der Waals surface area (Å²) in [5, 5.41) is 3.78. The lowest BCUT2D eigenvalue weighted by Gasteiger charge is -2.42. The molecule has 4 N–H and O–H groups in total. The van der Waals surface area contributed by atoms with Crippen LogP contribution in [0.3, 0.4) is 0 Å². The van der Waals surface area contributed by atoms with E-state index in [4.69, 9.17) is 5.73 Å². The van der Waals surface area contributed by atoms with E-state index in [1.54, 1.807) is 21.9 Å². The summed E-state index contributed by atoms with van der Waals surface area (Å²) in [5.74, 6) is -1.53. The van der Waals surface area contributed by atoms with E-state index in [1.165, 1.54) is 0 Å². The summed E-state index contributed by atoms with van der Waals surface area (Å²) in [4.78, 5) is 61.9. The summed E-state index contributed by atoms with van der Waals surface area (Å²) in [6.07, 6.45) is 6.70. The molecular weight excluding hydrogens is 532 g/mol. The van der Waals surface area contributed by atoms with Crippen molar-refractivity contribution < 1.29 is 19.2 Å². The Hall–Kier alpha value is -4.34. The van der Waals surface area contributed by atoms with Crippen LogP contribution in [0.1, 0.15) is 48.0 Å². The minimum absolute atomic E-state index is 0.0388. The summed E-state index contributed by atoms with van der Waals surface area (Å²) in [6, 6.07) is 13.1.